The van der Waals surface area contributed by atoms with Crippen molar-refractivity contribution in [3.05, 3.63) is 45.0 Å². The van der Waals surface area contributed by atoms with Crippen molar-refractivity contribution in [1.29, 1.82) is 0 Å². The van der Waals surface area contributed by atoms with Gasteiger partial charge in [0.05, 0.1) is 12.6 Å². The smallest absolute Gasteiger partial charge is 0.290 e. The molecule has 1 unspecified atom stereocenters. The molecule has 21 heavy (non-hydrogen) atoms. The van der Waals surface area contributed by atoms with Crippen LogP contribution < -0.4 is 0 Å². The van der Waals surface area contributed by atoms with Gasteiger partial charge in [0.25, 0.3) is 5.91 Å². The highest BCUT2D eigenvalue weighted by Crippen LogP contribution is 2.21. The monoisotopic (exact) mass is 369 g/mol. The third-order valence-corrected chi connectivity index (χ3v) is 4.73. The summed E-state index contributed by atoms with van der Waals surface area (Å²) in [6.07, 6.45) is 2.21. The molecule has 1 amide bonds. The molecule has 0 aliphatic carbocycles. The zero-order chi connectivity index (χ0) is 14.7. The van der Waals surface area contributed by atoms with Gasteiger partial charge in [-0.25, -0.2) is 0 Å². The van der Waals surface area contributed by atoms with Crippen molar-refractivity contribution in [2.24, 2.45) is 0 Å². The number of thiophene rings is 1. The molecule has 0 spiro atoms. The van der Waals surface area contributed by atoms with E-state index in [-0.39, 0.29) is 12.0 Å². The summed E-state index contributed by atoms with van der Waals surface area (Å²) in [6.45, 7) is 1.99. The zero-order valence-electron chi connectivity index (χ0n) is 11.5. The van der Waals surface area contributed by atoms with Gasteiger partial charge in [0.15, 0.2) is 10.4 Å². The summed E-state index contributed by atoms with van der Waals surface area (Å²) >= 11 is 4.89. The minimum Gasteiger partial charge on any atom is -0.444 e. The molecule has 1 fully saturated rings. The van der Waals surface area contributed by atoms with Crippen LogP contribution in [0.3, 0.4) is 0 Å². The molecule has 0 saturated carbocycles. The van der Waals surface area contributed by atoms with Crippen LogP contribution in [0, 0.1) is 0 Å². The Bertz CT molecular complexity index is 590. The van der Waals surface area contributed by atoms with Crippen LogP contribution in [0.5, 0.6) is 0 Å². The number of amides is 1. The molecule has 3 rings (SSSR count). The second-order valence-corrected chi connectivity index (χ2v) is 6.82. The molecule has 3 heterocycles. The topological polar surface area (TPSA) is 42.7 Å². The van der Waals surface area contributed by atoms with Crippen LogP contribution in [-0.4, -0.2) is 30.1 Å². The first kappa shape index (κ1) is 14.8. The van der Waals surface area contributed by atoms with Crippen LogP contribution in [-0.2, 0) is 11.3 Å². The number of hydrogen-bond acceptors (Lipinski definition) is 4. The summed E-state index contributed by atoms with van der Waals surface area (Å²) in [6, 6.07) is 7.47. The maximum absolute atomic E-state index is 12.6. The molecule has 112 valence electrons. The highest BCUT2D eigenvalue weighted by molar-refractivity contribution is 9.10. The molecule has 2 aromatic rings. The molecular weight excluding hydrogens is 354 g/mol. The van der Waals surface area contributed by atoms with E-state index in [0.717, 1.165) is 24.3 Å². The number of ether oxygens (including phenoxy) is 1. The number of carbonyl (C=O) groups excluding carboxylic acids is 1. The second kappa shape index (κ2) is 6.77. The Morgan fingerprint density at radius 1 is 1.43 bits per heavy atom. The highest BCUT2D eigenvalue weighted by Gasteiger charge is 2.25. The third kappa shape index (κ3) is 3.75. The minimum absolute atomic E-state index is 0.0930. The number of carbonyl (C=O) groups is 1. The molecule has 0 bridgehead atoms. The van der Waals surface area contributed by atoms with Gasteiger partial charge < -0.3 is 14.1 Å². The van der Waals surface area contributed by atoms with Gasteiger partial charge in [0, 0.05) is 18.0 Å². The molecule has 6 heteroatoms. The van der Waals surface area contributed by atoms with E-state index in [4.69, 9.17) is 9.15 Å². The lowest BCUT2D eigenvalue weighted by atomic mass is 10.2. The molecule has 0 N–H and O–H groups in total. The highest BCUT2D eigenvalue weighted by atomic mass is 79.9. The first-order chi connectivity index (χ1) is 10.2. The maximum Gasteiger partial charge on any atom is 0.290 e. The van der Waals surface area contributed by atoms with Gasteiger partial charge in [-0.3, -0.25) is 4.79 Å². The Balaban J connectivity index is 1.75. The molecule has 0 aromatic carbocycles. The Hall–Kier alpha value is -1.11. The van der Waals surface area contributed by atoms with Crippen LogP contribution >= 0.6 is 27.3 Å². The molecule has 1 aliphatic rings. The van der Waals surface area contributed by atoms with Crippen LogP contribution in [0.25, 0.3) is 0 Å². The summed E-state index contributed by atoms with van der Waals surface area (Å²) in [7, 11) is 0. The van der Waals surface area contributed by atoms with Crippen molar-refractivity contribution in [1.82, 2.24) is 4.90 Å². The van der Waals surface area contributed by atoms with Crippen LogP contribution in [0.15, 0.2) is 38.7 Å². The maximum atomic E-state index is 12.6. The van der Waals surface area contributed by atoms with Gasteiger partial charge in [-0.15, -0.1) is 11.3 Å². The summed E-state index contributed by atoms with van der Waals surface area (Å²) in [5, 5.41) is 2.02. The molecule has 2 aromatic heterocycles. The molecule has 1 atom stereocenters. The normalized spacial score (nSPS) is 18.0. The van der Waals surface area contributed by atoms with Crippen molar-refractivity contribution in [3.63, 3.8) is 0 Å². The predicted molar refractivity (Wildman–Crippen MR) is 84.4 cm³/mol. The van der Waals surface area contributed by atoms with Crippen molar-refractivity contribution >= 4 is 33.2 Å². The largest absolute Gasteiger partial charge is 0.444 e. The van der Waals surface area contributed by atoms with Gasteiger partial charge >= 0.3 is 0 Å². The second-order valence-electron chi connectivity index (χ2n) is 5.00. The van der Waals surface area contributed by atoms with E-state index in [9.17, 15) is 4.79 Å². The van der Waals surface area contributed by atoms with E-state index in [1.807, 2.05) is 22.4 Å². The van der Waals surface area contributed by atoms with Gasteiger partial charge in [-0.2, -0.15) is 0 Å². The zero-order valence-corrected chi connectivity index (χ0v) is 13.9. The first-order valence-electron chi connectivity index (χ1n) is 6.91. The van der Waals surface area contributed by atoms with Crippen molar-refractivity contribution in [2.75, 3.05) is 13.2 Å². The number of nitrogens with zero attached hydrogens (tertiary/aromatic N) is 1. The average molecular weight is 370 g/mol. The van der Waals surface area contributed by atoms with E-state index in [0.29, 0.717) is 23.5 Å². The third-order valence-electron chi connectivity index (χ3n) is 3.45. The minimum atomic E-state index is -0.0930. The molecule has 0 radical (unpaired) electrons. The fourth-order valence-corrected chi connectivity index (χ4v) is 3.46. The first-order valence-corrected chi connectivity index (χ1v) is 8.58. The predicted octanol–water partition coefficient (Wildman–Crippen LogP) is 3.93. The van der Waals surface area contributed by atoms with E-state index in [1.165, 1.54) is 0 Å². The summed E-state index contributed by atoms with van der Waals surface area (Å²) in [5.41, 5.74) is 0. The van der Waals surface area contributed by atoms with Gasteiger partial charge in [0.2, 0.25) is 0 Å². The summed E-state index contributed by atoms with van der Waals surface area (Å²) < 4.78 is 11.6. The van der Waals surface area contributed by atoms with E-state index in [2.05, 4.69) is 15.9 Å². The van der Waals surface area contributed by atoms with Crippen LogP contribution in [0.1, 0.15) is 28.3 Å². The Labute approximate surface area is 135 Å². The molecule has 4 nitrogen and oxygen atoms in total. The van der Waals surface area contributed by atoms with Crippen molar-refractivity contribution < 1.29 is 13.9 Å². The standard InChI is InChI=1S/C15H16BrNO3S/c16-14-6-5-13(20-14)15(18)17(9-11-3-1-7-19-11)10-12-4-2-8-21-12/h2,4-6,8,11H,1,3,7,9-10H2. The van der Waals surface area contributed by atoms with Crippen LogP contribution in [0.2, 0.25) is 0 Å². The Morgan fingerprint density at radius 3 is 2.95 bits per heavy atom. The van der Waals surface area contributed by atoms with Gasteiger partial charge in [0.1, 0.15) is 0 Å². The van der Waals surface area contributed by atoms with Gasteiger partial charge in [-0.1, -0.05) is 6.07 Å². The van der Waals surface area contributed by atoms with Crippen molar-refractivity contribution in [3.8, 4) is 0 Å². The van der Waals surface area contributed by atoms with Crippen molar-refractivity contribution in [2.45, 2.75) is 25.5 Å². The fourth-order valence-electron chi connectivity index (χ4n) is 2.43. The lowest BCUT2D eigenvalue weighted by molar-refractivity contribution is 0.0485. The van der Waals surface area contributed by atoms with E-state index in [1.54, 1.807) is 23.5 Å². The number of rotatable bonds is 5. The molecule has 1 aliphatic heterocycles. The van der Waals surface area contributed by atoms with E-state index >= 15 is 0 Å². The average Bonchev–Trinajstić information content (AvgIpc) is 3.19. The molecule has 1 saturated heterocycles. The molecular formula is C15H16BrNO3S. The SMILES string of the molecule is O=C(c1ccc(Br)o1)N(Cc1cccs1)CC1CCCO1. The Kier molecular flexibility index (Phi) is 4.77. The summed E-state index contributed by atoms with van der Waals surface area (Å²) in [4.78, 5) is 15.6. The quantitative estimate of drug-likeness (QED) is 0.801. The van der Waals surface area contributed by atoms with Crippen LogP contribution in [0.4, 0.5) is 0 Å². The fraction of sp³-hybridized carbons (Fsp3) is 0.400. The van der Waals surface area contributed by atoms with Gasteiger partial charge in [-0.05, 0) is 52.4 Å². The Morgan fingerprint density at radius 2 is 2.33 bits per heavy atom. The summed E-state index contributed by atoms with van der Waals surface area (Å²) in [5.74, 6) is 0.265. The number of furan rings is 1. The lowest BCUT2D eigenvalue weighted by Crippen LogP contribution is -2.36. The number of hydrogen-bond donors (Lipinski definition) is 0. The van der Waals surface area contributed by atoms with E-state index < -0.39 is 0 Å². The lowest BCUT2D eigenvalue weighted by Gasteiger charge is -2.24. The number of halogens is 1.